The molecule has 14 nitrogen and oxygen atoms in total. The Bertz CT molecular complexity index is 998. The van der Waals surface area contributed by atoms with Gasteiger partial charge in [-0.05, 0) is 12.8 Å². The molecule has 6 unspecified atom stereocenters. The van der Waals surface area contributed by atoms with Crippen molar-refractivity contribution in [2.45, 2.75) is 50.3 Å². The number of nitrogens with one attached hydrogen (secondary N) is 2. The van der Waals surface area contributed by atoms with E-state index in [1.165, 1.54) is 10.9 Å². The van der Waals surface area contributed by atoms with E-state index in [1.54, 1.807) is 0 Å². The summed E-state index contributed by atoms with van der Waals surface area (Å²) in [5, 5.41) is 32.9. The third-order valence-corrected chi connectivity index (χ3v) is 5.92. The molecule has 0 aromatic carbocycles. The molecular formula is C16H26N5O9P. The number of aliphatic hydroxyl groups excluding tert-OH is 3. The van der Waals surface area contributed by atoms with Crippen molar-refractivity contribution in [3.63, 3.8) is 0 Å². The molecule has 6 atom stereocenters. The molecule has 174 valence electrons. The molecule has 0 amide bonds. The summed E-state index contributed by atoms with van der Waals surface area (Å²) in [5.74, 6) is 0.147. The van der Waals surface area contributed by atoms with Gasteiger partial charge in [0.05, 0.1) is 12.9 Å². The van der Waals surface area contributed by atoms with Crippen LogP contribution in [0.4, 0.5) is 5.95 Å². The number of fused-ring (bicyclic) bond motifs is 1. The summed E-state index contributed by atoms with van der Waals surface area (Å²) < 4.78 is 27.4. The molecule has 1 fully saturated rings. The van der Waals surface area contributed by atoms with E-state index in [9.17, 15) is 24.5 Å². The van der Waals surface area contributed by atoms with Crippen molar-refractivity contribution < 1.29 is 38.6 Å². The van der Waals surface area contributed by atoms with Gasteiger partial charge in [-0.2, -0.15) is 4.98 Å². The molecule has 1 aliphatic heterocycles. The van der Waals surface area contributed by atoms with E-state index in [4.69, 9.17) is 14.4 Å². The zero-order chi connectivity index (χ0) is 22.8. The van der Waals surface area contributed by atoms with Crippen molar-refractivity contribution in [2.24, 2.45) is 0 Å². The fourth-order valence-corrected chi connectivity index (χ4v) is 3.67. The average molecular weight is 463 g/mol. The van der Waals surface area contributed by atoms with Crippen LogP contribution in [0, 0.1) is 0 Å². The Labute approximate surface area is 176 Å². The number of hydrogen-bond acceptors (Lipinski definition) is 11. The predicted molar refractivity (Wildman–Crippen MR) is 106 cm³/mol. The minimum Gasteiger partial charge on any atom is -0.396 e. The quantitative estimate of drug-likeness (QED) is 0.237. The molecule has 0 saturated carbocycles. The lowest BCUT2D eigenvalue weighted by atomic mass is 10.1. The van der Waals surface area contributed by atoms with Gasteiger partial charge in [0, 0.05) is 19.8 Å². The molecule has 2 aromatic heterocycles. The summed E-state index contributed by atoms with van der Waals surface area (Å²) in [6.45, 7) is 1.35. The third-order valence-electron chi connectivity index (χ3n) is 4.99. The second-order valence-corrected chi connectivity index (χ2v) is 8.55. The van der Waals surface area contributed by atoms with E-state index in [0.29, 0.717) is 12.8 Å². The lowest BCUT2D eigenvalue weighted by molar-refractivity contribution is -0.0509. The topological polar surface area (TPSA) is 201 Å². The van der Waals surface area contributed by atoms with Gasteiger partial charge in [0.25, 0.3) is 5.56 Å². The molecule has 6 N–H and O–H groups in total. The first kappa shape index (κ1) is 23.8. The van der Waals surface area contributed by atoms with Gasteiger partial charge in [0.1, 0.15) is 18.3 Å². The molecule has 15 heteroatoms. The van der Waals surface area contributed by atoms with E-state index in [0.717, 1.165) is 7.11 Å². The number of imidazole rings is 1. The maximum Gasteiger partial charge on any atom is 0.472 e. The summed E-state index contributed by atoms with van der Waals surface area (Å²) in [7, 11) is -3.32. The normalized spacial score (nSPS) is 26.8. The Morgan fingerprint density at radius 2 is 2.16 bits per heavy atom. The summed E-state index contributed by atoms with van der Waals surface area (Å²) in [6.07, 6.45) is -2.88. The molecule has 0 radical (unpaired) electrons. The van der Waals surface area contributed by atoms with E-state index < -0.39 is 44.5 Å². The fraction of sp³-hybridized carbons (Fsp3) is 0.688. The third kappa shape index (κ3) is 5.13. The first-order valence-electron chi connectivity index (χ1n) is 9.59. The number of aromatic amines is 1. The molecule has 0 spiro atoms. The molecule has 1 saturated heterocycles. The van der Waals surface area contributed by atoms with Gasteiger partial charge < -0.3 is 30.3 Å². The second kappa shape index (κ2) is 9.71. The smallest absolute Gasteiger partial charge is 0.396 e. The van der Waals surface area contributed by atoms with Crippen molar-refractivity contribution in [1.29, 1.82) is 0 Å². The maximum absolute atomic E-state index is 12.4. The highest BCUT2D eigenvalue weighted by molar-refractivity contribution is 7.47. The van der Waals surface area contributed by atoms with Crippen LogP contribution in [0.3, 0.4) is 0 Å². The average Bonchev–Trinajstić information content (AvgIpc) is 3.28. The summed E-state index contributed by atoms with van der Waals surface area (Å²) >= 11 is 0. The van der Waals surface area contributed by atoms with Crippen LogP contribution < -0.4 is 10.9 Å². The van der Waals surface area contributed by atoms with Crippen LogP contribution in [0.5, 0.6) is 0 Å². The summed E-state index contributed by atoms with van der Waals surface area (Å²) in [4.78, 5) is 32.7. The molecule has 3 heterocycles. The number of H-pyrrole nitrogens is 1. The van der Waals surface area contributed by atoms with Crippen molar-refractivity contribution in [3.8, 4) is 0 Å². The Morgan fingerprint density at radius 1 is 1.42 bits per heavy atom. The van der Waals surface area contributed by atoms with Gasteiger partial charge in [-0.3, -0.25) is 23.4 Å². The van der Waals surface area contributed by atoms with Gasteiger partial charge in [-0.1, -0.05) is 6.92 Å². The highest BCUT2D eigenvalue weighted by Gasteiger charge is 2.45. The molecule has 3 rings (SSSR count). The van der Waals surface area contributed by atoms with Crippen LogP contribution in [-0.4, -0.2) is 84.4 Å². The lowest BCUT2D eigenvalue weighted by Crippen LogP contribution is -2.33. The molecule has 31 heavy (non-hydrogen) atoms. The van der Waals surface area contributed by atoms with Crippen molar-refractivity contribution >= 4 is 24.9 Å². The Balaban J connectivity index is 1.86. The zero-order valence-corrected chi connectivity index (χ0v) is 17.8. The lowest BCUT2D eigenvalue weighted by Gasteiger charge is -2.18. The Morgan fingerprint density at radius 3 is 2.81 bits per heavy atom. The maximum atomic E-state index is 12.4. The minimum atomic E-state index is -4.30. The van der Waals surface area contributed by atoms with Crippen LogP contribution in [0.15, 0.2) is 11.1 Å². The SMILES string of the molecule is CCC(CCO)Nc1nc2c(ncn2C2OC(COP(=O)(O)OC)C(O)C2O)c(=O)[nH]1. The summed E-state index contributed by atoms with van der Waals surface area (Å²) in [6, 6.07) is -0.131. The number of anilines is 1. The number of aliphatic hydroxyl groups is 3. The van der Waals surface area contributed by atoms with Gasteiger partial charge >= 0.3 is 7.82 Å². The minimum absolute atomic E-state index is 0.00927. The van der Waals surface area contributed by atoms with Crippen molar-refractivity contribution in [3.05, 3.63) is 16.7 Å². The molecule has 1 aliphatic rings. The number of aromatic nitrogens is 4. The Kier molecular flexibility index (Phi) is 7.44. The molecular weight excluding hydrogens is 437 g/mol. The van der Waals surface area contributed by atoms with E-state index >= 15 is 0 Å². The van der Waals surface area contributed by atoms with Gasteiger partial charge in [0.2, 0.25) is 5.95 Å². The number of nitrogens with zero attached hydrogens (tertiary/aromatic N) is 3. The highest BCUT2D eigenvalue weighted by Crippen LogP contribution is 2.43. The number of hydrogen-bond donors (Lipinski definition) is 6. The second-order valence-electron chi connectivity index (χ2n) is 6.99. The standard InChI is InChI=1S/C16H26N5O9P/c1-3-8(4-5-22)18-16-19-13-10(14(25)20-16)17-7-21(13)15-12(24)11(23)9(30-15)6-29-31(26,27)28-2/h7-9,11-12,15,22-24H,3-6H2,1-2H3,(H,26,27)(H2,18,19,20,25). The van der Waals surface area contributed by atoms with Gasteiger partial charge in [0.15, 0.2) is 17.4 Å². The van der Waals surface area contributed by atoms with Crippen LogP contribution in [0.1, 0.15) is 26.0 Å². The monoisotopic (exact) mass is 463 g/mol. The van der Waals surface area contributed by atoms with Gasteiger partial charge in [-0.25, -0.2) is 9.55 Å². The number of phosphoric acid groups is 1. The van der Waals surface area contributed by atoms with Crippen LogP contribution in [0.2, 0.25) is 0 Å². The summed E-state index contributed by atoms with van der Waals surface area (Å²) in [5.41, 5.74) is -0.447. The number of rotatable bonds is 10. The van der Waals surface area contributed by atoms with Crippen molar-refractivity contribution in [2.75, 3.05) is 25.6 Å². The molecule has 2 aromatic rings. The van der Waals surface area contributed by atoms with E-state index in [1.807, 2.05) is 6.92 Å². The first-order chi connectivity index (χ1) is 14.7. The zero-order valence-electron chi connectivity index (χ0n) is 16.9. The molecule has 0 bridgehead atoms. The van der Waals surface area contributed by atoms with Crippen LogP contribution in [0.25, 0.3) is 11.2 Å². The van der Waals surface area contributed by atoms with E-state index in [2.05, 4.69) is 24.8 Å². The largest absolute Gasteiger partial charge is 0.472 e. The van der Waals surface area contributed by atoms with Gasteiger partial charge in [-0.15, -0.1) is 0 Å². The van der Waals surface area contributed by atoms with E-state index in [-0.39, 0.29) is 29.8 Å². The Hall–Kier alpha value is -1.90. The fourth-order valence-electron chi connectivity index (χ4n) is 3.23. The molecule has 0 aliphatic carbocycles. The van der Waals surface area contributed by atoms with Crippen LogP contribution in [-0.2, 0) is 18.3 Å². The number of phosphoric ester groups is 1. The first-order valence-corrected chi connectivity index (χ1v) is 11.1. The number of ether oxygens (including phenoxy) is 1. The van der Waals surface area contributed by atoms with Crippen molar-refractivity contribution in [1.82, 2.24) is 19.5 Å². The highest BCUT2D eigenvalue weighted by atomic mass is 31.2. The predicted octanol–water partition coefficient (Wildman–Crippen LogP) is -0.925. The van der Waals surface area contributed by atoms with Crippen LogP contribution >= 0.6 is 7.82 Å².